The Balaban J connectivity index is 2.11. The van der Waals surface area contributed by atoms with E-state index in [0.717, 1.165) is 30.4 Å². The molecule has 0 radical (unpaired) electrons. The molecule has 0 amide bonds. The first-order valence-electron chi connectivity index (χ1n) is 9.31. The van der Waals surface area contributed by atoms with Crippen LogP contribution in [0.5, 0.6) is 11.5 Å². The van der Waals surface area contributed by atoms with Crippen molar-refractivity contribution in [2.24, 2.45) is 5.92 Å². The SMILES string of the molecule is C=C(C)C1C=C(C)CC1c1c(O)cc(CCCCCCC)cc1O. The van der Waals surface area contributed by atoms with Gasteiger partial charge < -0.3 is 10.2 Å². The Kier molecular flexibility index (Phi) is 6.53. The van der Waals surface area contributed by atoms with Crippen LogP contribution in [0.15, 0.2) is 35.9 Å². The van der Waals surface area contributed by atoms with Gasteiger partial charge in [-0.1, -0.05) is 56.4 Å². The van der Waals surface area contributed by atoms with Crippen molar-refractivity contribution in [3.63, 3.8) is 0 Å². The van der Waals surface area contributed by atoms with E-state index in [1.807, 2.05) is 19.1 Å². The van der Waals surface area contributed by atoms with E-state index in [2.05, 4.69) is 26.5 Å². The number of unbranched alkanes of at least 4 members (excludes halogenated alkanes) is 4. The van der Waals surface area contributed by atoms with E-state index in [0.29, 0.717) is 5.56 Å². The van der Waals surface area contributed by atoms with Crippen molar-refractivity contribution < 1.29 is 10.2 Å². The molecule has 0 fully saturated rings. The van der Waals surface area contributed by atoms with E-state index in [4.69, 9.17) is 0 Å². The average Bonchev–Trinajstić information content (AvgIpc) is 2.88. The van der Waals surface area contributed by atoms with Crippen LogP contribution in [0.1, 0.15) is 76.3 Å². The summed E-state index contributed by atoms with van der Waals surface area (Å²) in [6.07, 6.45) is 10.1. The highest BCUT2D eigenvalue weighted by Crippen LogP contribution is 2.48. The Morgan fingerprint density at radius 3 is 2.33 bits per heavy atom. The van der Waals surface area contributed by atoms with Crippen LogP contribution in [0.2, 0.25) is 0 Å². The highest BCUT2D eigenvalue weighted by atomic mass is 16.3. The predicted molar refractivity (Wildman–Crippen MR) is 102 cm³/mol. The summed E-state index contributed by atoms with van der Waals surface area (Å²) in [4.78, 5) is 0. The Bertz CT molecular complexity index is 589. The molecule has 0 spiro atoms. The highest BCUT2D eigenvalue weighted by Gasteiger charge is 2.32. The van der Waals surface area contributed by atoms with E-state index in [1.54, 1.807) is 0 Å². The average molecular weight is 328 g/mol. The molecule has 2 N–H and O–H groups in total. The van der Waals surface area contributed by atoms with Crippen LogP contribution >= 0.6 is 0 Å². The third-order valence-electron chi connectivity index (χ3n) is 5.14. The fourth-order valence-corrected chi connectivity index (χ4v) is 3.87. The molecule has 1 aromatic rings. The van der Waals surface area contributed by atoms with E-state index in [1.165, 1.54) is 31.3 Å². The van der Waals surface area contributed by atoms with Crippen molar-refractivity contribution in [3.8, 4) is 11.5 Å². The monoisotopic (exact) mass is 328 g/mol. The second-order valence-corrected chi connectivity index (χ2v) is 7.41. The smallest absolute Gasteiger partial charge is 0.123 e. The minimum absolute atomic E-state index is 0.0982. The summed E-state index contributed by atoms with van der Waals surface area (Å²) in [5.41, 5.74) is 4.09. The van der Waals surface area contributed by atoms with Gasteiger partial charge >= 0.3 is 0 Å². The van der Waals surface area contributed by atoms with Gasteiger partial charge in [0.25, 0.3) is 0 Å². The molecule has 24 heavy (non-hydrogen) atoms. The summed E-state index contributed by atoms with van der Waals surface area (Å²) in [5, 5.41) is 21.1. The maximum Gasteiger partial charge on any atom is 0.123 e. The quantitative estimate of drug-likeness (QED) is 0.438. The van der Waals surface area contributed by atoms with Crippen molar-refractivity contribution in [3.05, 3.63) is 47.1 Å². The number of hydrogen-bond acceptors (Lipinski definition) is 2. The Hall–Kier alpha value is -1.70. The fourth-order valence-electron chi connectivity index (χ4n) is 3.87. The summed E-state index contributed by atoms with van der Waals surface area (Å²) in [5.74, 6) is 0.763. The third kappa shape index (κ3) is 4.43. The number of rotatable bonds is 8. The first-order chi connectivity index (χ1) is 11.4. The lowest BCUT2D eigenvalue weighted by Gasteiger charge is -2.22. The van der Waals surface area contributed by atoms with E-state index in [9.17, 15) is 10.2 Å². The molecule has 0 aromatic heterocycles. The lowest BCUT2D eigenvalue weighted by Crippen LogP contribution is -2.08. The van der Waals surface area contributed by atoms with Crippen LogP contribution in [-0.2, 0) is 6.42 Å². The van der Waals surface area contributed by atoms with Gasteiger partial charge in [-0.2, -0.15) is 0 Å². The Labute approximate surface area is 146 Å². The van der Waals surface area contributed by atoms with Crippen molar-refractivity contribution in [2.45, 2.75) is 71.6 Å². The van der Waals surface area contributed by atoms with E-state index >= 15 is 0 Å². The minimum Gasteiger partial charge on any atom is -0.508 e. The molecule has 2 heteroatoms. The molecule has 2 rings (SSSR count). The molecule has 2 atom stereocenters. The van der Waals surface area contributed by atoms with Crippen LogP contribution in [0, 0.1) is 5.92 Å². The molecule has 2 nitrogen and oxygen atoms in total. The minimum atomic E-state index is 0.0982. The van der Waals surface area contributed by atoms with E-state index in [-0.39, 0.29) is 23.3 Å². The summed E-state index contributed by atoms with van der Waals surface area (Å²) < 4.78 is 0. The summed E-state index contributed by atoms with van der Waals surface area (Å²) in [7, 11) is 0. The lowest BCUT2D eigenvalue weighted by molar-refractivity contribution is 0.419. The van der Waals surface area contributed by atoms with Gasteiger partial charge in [0.1, 0.15) is 11.5 Å². The molecular weight excluding hydrogens is 296 g/mol. The van der Waals surface area contributed by atoms with Crippen LogP contribution < -0.4 is 0 Å². The van der Waals surface area contributed by atoms with Gasteiger partial charge in [0.05, 0.1) is 0 Å². The number of phenolic OH excluding ortho intramolecular Hbond substituents is 2. The summed E-state index contributed by atoms with van der Waals surface area (Å²) >= 11 is 0. The normalized spacial score (nSPS) is 20.2. The van der Waals surface area contributed by atoms with Gasteiger partial charge in [0, 0.05) is 17.4 Å². The zero-order valence-electron chi connectivity index (χ0n) is 15.4. The molecule has 0 bridgehead atoms. The summed E-state index contributed by atoms with van der Waals surface area (Å²) in [6.45, 7) is 10.4. The highest BCUT2D eigenvalue weighted by molar-refractivity contribution is 5.51. The zero-order chi connectivity index (χ0) is 17.7. The van der Waals surface area contributed by atoms with Crippen molar-refractivity contribution in [1.82, 2.24) is 0 Å². The van der Waals surface area contributed by atoms with Crippen LogP contribution in [0.25, 0.3) is 0 Å². The molecule has 1 aliphatic carbocycles. The number of allylic oxidation sites excluding steroid dienone is 3. The number of hydrogen-bond donors (Lipinski definition) is 2. The molecule has 0 saturated heterocycles. The third-order valence-corrected chi connectivity index (χ3v) is 5.14. The Morgan fingerprint density at radius 2 is 1.75 bits per heavy atom. The molecule has 1 aromatic carbocycles. The van der Waals surface area contributed by atoms with Crippen LogP contribution in [0.3, 0.4) is 0 Å². The second-order valence-electron chi connectivity index (χ2n) is 7.41. The standard InChI is InChI=1S/C22H32O2/c1-5-6-7-8-9-10-17-13-20(23)22(21(24)14-17)19-12-16(4)11-18(19)15(2)3/h11,13-14,18-19,23-24H,2,5-10,12H2,1,3-4H3. The molecule has 0 aliphatic heterocycles. The number of aryl methyl sites for hydroxylation is 1. The molecule has 132 valence electrons. The van der Waals surface area contributed by atoms with Crippen LogP contribution in [-0.4, -0.2) is 10.2 Å². The maximum absolute atomic E-state index is 10.5. The predicted octanol–water partition coefficient (Wildman–Crippen LogP) is 6.24. The maximum atomic E-state index is 10.5. The van der Waals surface area contributed by atoms with Crippen LogP contribution in [0.4, 0.5) is 0 Å². The van der Waals surface area contributed by atoms with Gasteiger partial charge in [-0.05, 0) is 50.8 Å². The number of benzene rings is 1. The largest absolute Gasteiger partial charge is 0.508 e. The molecule has 0 saturated carbocycles. The molecule has 0 heterocycles. The first-order valence-corrected chi connectivity index (χ1v) is 9.31. The van der Waals surface area contributed by atoms with Crippen molar-refractivity contribution in [1.29, 1.82) is 0 Å². The topological polar surface area (TPSA) is 40.5 Å². The summed E-state index contributed by atoms with van der Waals surface area (Å²) in [6, 6.07) is 3.69. The second kappa shape index (κ2) is 8.41. The van der Waals surface area contributed by atoms with E-state index < -0.39 is 0 Å². The van der Waals surface area contributed by atoms with Gasteiger partial charge in [0.15, 0.2) is 0 Å². The van der Waals surface area contributed by atoms with Gasteiger partial charge in [-0.25, -0.2) is 0 Å². The molecular formula is C22H32O2. The first kappa shape index (κ1) is 18.6. The van der Waals surface area contributed by atoms with Gasteiger partial charge in [-0.3, -0.25) is 0 Å². The molecule has 1 aliphatic rings. The number of aromatic hydroxyl groups is 2. The number of phenols is 2. The van der Waals surface area contributed by atoms with Gasteiger partial charge in [-0.15, -0.1) is 0 Å². The fraction of sp³-hybridized carbons (Fsp3) is 0.545. The van der Waals surface area contributed by atoms with Crippen molar-refractivity contribution >= 4 is 0 Å². The zero-order valence-corrected chi connectivity index (χ0v) is 15.4. The Morgan fingerprint density at radius 1 is 1.12 bits per heavy atom. The van der Waals surface area contributed by atoms with Crippen molar-refractivity contribution in [2.75, 3.05) is 0 Å². The molecule has 2 unspecified atom stereocenters. The lowest BCUT2D eigenvalue weighted by atomic mass is 9.83. The van der Waals surface area contributed by atoms with Gasteiger partial charge in [0.2, 0.25) is 0 Å².